The summed E-state index contributed by atoms with van der Waals surface area (Å²) in [7, 11) is 2.90. The van der Waals surface area contributed by atoms with Gasteiger partial charge in [-0.15, -0.1) is 10.2 Å². The van der Waals surface area contributed by atoms with Crippen molar-refractivity contribution >= 4 is 6.09 Å². The van der Waals surface area contributed by atoms with Crippen LogP contribution < -0.4 is 10.1 Å². The number of hydrogen-bond donors (Lipinski definition) is 1. The van der Waals surface area contributed by atoms with E-state index < -0.39 is 6.09 Å². The summed E-state index contributed by atoms with van der Waals surface area (Å²) in [5.74, 6) is 1.57. The van der Waals surface area contributed by atoms with Gasteiger partial charge in [0.2, 0.25) is 11.8 Å². The van der Waals surface area contributed by atoms with Crippen LogP contribution in [0.3, 0.4) is 0 Å². The van der Waals surface area contributed by atoms with Crippen molar-refractivity contribution in [1.82, 2.24) is 15.5 Å². The average Bonchev–Trinajstić information content (AvgIpc) is 2.96. The molecular formula is C13H15N3O4. The van der Waals surface area contributed by atoms with Crippen molar-refractivity contribution in [2.45, 2.75) is 6.42 Å². The second-order valence-corrected chi connectivity index (χ2v) is 3.90. The lowest BCUT2D eigenvalue weighted by molar-refractivity contribution is 0.171. The van der Waals surface area contributed by atoms with Crippen LogP contribution in [0.15, 0.2) is 28.7 Å². The van der Waals surface area contributed by atoms with Crippen molar-refractivity contribution in [2.75, 3.05) is 20.8 Å². The average molecular weight is 277 g/mol. The molecule has 0 bridgehead atoms. The molecule has 7 nitrogen and oxygen atoms in total. The first kappa shape index (κ1) is 13.9. The zero-order chi connectivity index (χ0) is 14.4. The molecule has 7 heteroatoms. The molecule has 1 aromatic heterocycles. The number of hydrogen-bond acceptors (Lipinski definition) is 6. The molecule has 1 amide bonds. The summed E-state index contributed by atoms with van der Waals surface area (Å²) in [5, 5.41) is 10.4. The van der Waals surface area contributed by atoms with Crippen molar-refractivity contribution in [3.05, 3.63) is 30.2 Å². The number of aromatic nitrogens is 2. The Labute approximate surface area is 115 Å². The van der Waals surface area contributed by atoms with Crippen LogP contribution in [0.25, 0.3) is 11.5 Å². The minimum atomic E-state index is -0.488. The summed E-state index contributed by atoms with van der Waals surface area (Å²) >= 11 is 0. The predicted octanol–water partition coefficient (Wildman–Crippen LogP) is 1.64. The number of benzene rings is 1. The molecule has 0 unspecified atom stereocenters. The number of carbonyl (C=O) groups excluding carboxylic acids is 1. The van der Waals surface area contributed by atoms with Gasteiger partial charge in [0, 0.05) is 18.5 Å². The molecule has 106 valence electrons. The zero-order valence-electron chi connectivity index (χ0n) is 11.3. The van der Waals surface area contributed by atoms with Crippen LogP contribution in [0.4, 0.5) is 4.79 Å². The van der Waals surface area contributed by atoms with E-state index in [-0.39, 0.29) is 0 Å². The van der Waals surface area contributed by atoms with Crippen molar-refractivity contribution in [3.8, 4) is 17.2 Å². The smallest absolute Gasteiger partial charge is 0.406 e. The van der Waals surface area contributed by atoms with Crippen LogP contribution in [-0.2, 0) is 11.2 Å². The molecule has 0 radical (unpaired) electrons. The molecule has 0 aliphatic heterocycles. The molecule has 0 atom stereocenters. The van der Waals surface area contributed by atoms with Crippen LogP contribution in [0.1, 0.15) is 5.89 Å². The summed E-state index contributed by atoms with van der Waals surface area (Å²) < 4.78 is 15.1. The van der Waals surface area contributed by atoms with Gasteiger partial charge in [-0.2, -0.15) is 0 Å². The molecular weight excluding hydrogens is 262 g/mol. The van der Waals surface area contributed by atoms with Crippen molar-refractivity contribution in [1.29, 1.82) is 0 Å². The van der Waals surface area contributed by atoms with Crippen LogP contribution in [0.5, 0.6) is 5.75 Å². The predicted molar refractivity (Wildman–Crippen MR) is 70.4 cm³/mol. The lowest BCUT2D eigenvalue weighted by Gasteiger charge is -2.01. The Morgan fingerprint density at radius 3 is 2.95 bits per heavy atom. The van der Waals surface area contributed by atoms with Gasteiger partial charge in [-0.05, 0) is 18.2 Å². The normalized spacial score (nSPS) is 10.1. The minimum absolute atomic E-state index is 0.367. The first-order valence-corrected chi connectivity index (χ1v) is 6.01. The maximum atomic E-state index is 10.9. The van der Waals surface area contributed by atoms with Gasteiger partial charge in [-0.25, -0.2) is 4.79 Å². The highest BCUT2D eigenvalue weighted by molar-refractivity contribution is 5.66. The van der Waals surface area contributed by atoms with E-state index >= 15 is 0 Å². The molecule has 0 fully saturated rings. The SMILES string of the molecule is COC(=O)NCCc1nnc(-c2cccc(OC)c2)o1. The Kier molecular flexibility index (Phi) is 4.54. The Balaban J connectivity index is 1.99. The van der Waals surface area contributed by atoms with Crippen LogP contribution >= 0.6 is 0 Å². The lowest BCUT2D eigenvalue weighted by atomic mass is 10.2. The summed E-state index contributed by atoms with van der Waals surface area (Å²) in [5.41, 5.74) is 0.782. The van der Waals surface area contributed by atoms with E-state index in [1.807, 2.05) is 24.3 Å². The van der Waals surface area contributed by atoms with E-state index in [0.717, 1.165) is 11.3 Å². The monoisotopic (exact) mass is 277 g/mol. The fraction of sp³-hybridized carbons (Fsp3) is 0.308. The third-order valence-electron chi connectivity index (χ3n) is 2.58. The third-order valence-corrected chi connectivity index (χ3v) is 2.58. The Morgan fingerprint density at radius 2 is 2.20 bits per heavy atom. The highest BCUT2D eigenvalue weighted by atomic mass is 16.5. The van der Waals surface area contributed by atoms with Gasteiger partial charge in [-0.3, -0.25) is 0 Å². The van der Waals surface area contributed by atoms with Gasteiger partial charge in [0.05, 0.1) is 14.2 Å². The van der Waals surface area contributed by atoms with Crippen LogP contribution in [0.2, 0.25) is 0 Å². The van der Waals surface area contributed by atoms with Gasteiger partial charge < -0.3 is 19.2 Å². The van der Waals surface area contributed by atoms with E-state index in [9.17, 15) is 4.79 Å². The number of carbonyl (C=O) groups is 1. The molecule has 0 saturated carbocycles. The largest absolute Gasteiger partial charge is 0.497 e. The Hall–Kier alpha value is -2.57. The van der Waals surface area contributed by atoms with Gasteiger partial charge in [0.15, 0.2) is 0 Å². The lowest BCUT2D eigenvalue weighted by Crippen LogP contribution is -2.25. The van der Waals surface area contributed by atoms with Gasteiger partial charge in [0.25, 0.3) is 0 Å². The second kappa shape index (κ2) is 6.55. The summed E-state index contributed by atoms with van der Waals surface area (Å²) in [6.45, 7) is 0.367. The van der Waals surface area contributed by atoms with Crippen molar-refractivity contribution < 1.29 is 18.7 Å². The first-order chi connectivity index (χ1) is 9.72. The minimum Gasteiger partial charge on any atom is -0.497 e. The standard InChI is InChI=1S/C13H15N3O4/c1-18-10-5-3-4-9(8-10)12-16-15-11(20-12)6-7-14-13(17)19-2/h3-5,8H,6-7H2,1-2H3,(H,14,17). The number of methoxy groups -OCH3 is 2. The highest BCUT2D eigenvalue weighted by Crippen LogP contribution is 2.22. The van der Waals surface area contributed by atoms with Gasteiger partial charge in [0.1, 0.15) is 5.75 Å². The summed E-state index contributed by atoms with van der Waals surface area (Å²) in [4.78, 5) is 10.9. The molecule has 0 spiro atoms. The number of rotatable bonds is 5. The molecule has 0 saturated heterocycles. The molecule has 0 aliphatic rings. The van der Waals surface area contributed by atoms with E-state index in [1.54, 1.807) is 7.11 Å². The fourth-order valence-electron chi connectivity index (χ4n) is 1.57. The molecule has 1 aromatic carbocycles. The van der Waals surface area contributed by atoms with Crippen LogP contribution in [0, 0.1) is 0 Å². The van der Waals surface area contributed by atoms with E-state index in [1.165, 1.54) is 7.11 Å². The Bertz CT molecular complexity index is 583. The quantitative estimate of drug-likeness (QED) is 0.894. The zero-order valence-corrected chi connectivity index (χ0v) is 11.3. The Morgan fingerprint density at radius 1 is 1.35 bits per heavy atom. The van der Waals surface area contributed by atoms with Gasteiger partial charge >= 0.3 is 6.09 Å². The number of ether oxygens (including phenoxy) is 2. The summed E-state index contributed by atoms with van der Waals surface area (Å²) in [6, 6.07) is 7.34. The second-order valence-electron chi connectivity index (χ2n) is 3.90. The van der Waals surface area contributed by atoms with Crippen LogP contribution in [-0.4, -0.2) is 37.1 Å². The first-order valence-electron chi connectivity index (χ1n) is 6.01. The summed E-state index contributed by atoms with van der Waals surface area (Å²) in [6.07, 6.45) is -0.0518. The topological polar surface area (TPSA) is 86.5 Å². The molecule has 1 N–H and O–H groups in total. The van der Waals surface area contributed by atoms with Crippen molar-refractivity contribution in [3.63, 3.8) is 0 Å². The number of amides is 1. The number of nitrogens with zero attached hydrogens (tertiary/aromatic N) is 2. The van der Waals surface area contributed by atoms with E-state index in [4.69, 9.17) is 9.15 Å². The molecule has 20 heavy (non-hydrogen) atoms. The third kappa shape index (κ3) is 3.47. The molecule has 1 heterocycles. The molecule has 0 aliphatic carbocycles. The maximum absolute atomic E-state index is 10.9. The van der Waals surface area contributed by atoms with Crippen molar-refractivity contribution in [2.24, 2.45) is 0 Å². The van der Waals surface area contributed by atoms with E-state index in [2.05, 4.69) is 20.3 Å². The van der Waals surface area contributed by atoms with E-state index in [0.29, 0.717) is 24.7 Å². The number of nitrogens with one attached hydrogen (secondary N) is 1. The molecule has 2 aromatic rings. The highest BCUT2D eigenvalue weighted by Gasteiger charge is 2.09. The maximum Gasteiger partial charge on any atom is 0.406 e. The van der Waals surface area contributed by atoms with Gasteiger partial charge in [-0.1, -0.05) is 6.07 Å². The molecule has 2 rings (SSSR count). The fourth-order valence-corrected chi connectivity index (χ4v) is 1.57. The number of alkyl carbamates (subject to hydrolysis) is 1.